The Morgan fingerprint density at radius 2 is 1.80 bits per heavy atom. The van der Waals surface area contributed by atoms with Gasteiger partial charge in [-0.3, -0.25) is 14.4 Å². The van der Waals surface area contributed by atoms with Crippen LogP contribution in [0.4, 0.5) is 0 Å². The Bertz CT molecular complexity index is 463. The summed E-state index contributed by atoms with van der Waals surface area (Å²) in [5, 5.41) is 5.92. The first-order valence-electron chi connectivity index (χ1n) is 9.62. The molecule has 2 atom stereocenters. The van der Waals surface area contributed by atoms with Crippen molar-refractivity contribution in [1.29, 1.82) is 0 Å². The number of piperidine rings is 1. The van der Waals surface area contributed by atoms with Gasteiger partial charge >= 0.3 is 0 Å². The first-order chi connectivity index (χ1) is 11.7. The predicted octanol–water partition coefficient (Wildman–Crippen LogP) is 2.08. The molecule has 0 bridgehead atoms. The summed E-state index contributed by atoms with van der Waals surface area (Å²) < 4.78 is 0. The van der Waals surface area contributed by atoms with Crippen LogP contribution in [0, 0.1) is 11.8 Å². The van der Waals surface area contributed by atoms with E-state index in [0.29, 0.717) is 25.9 Å². The van der Waals surface area contributed by atoms with Gasteiger partial charge in [0.15, 0.2) is 0 Å². The highest BCUT2D eigenvalue weighted by molar-refractivity contribution is 5.88. The van der Waals surface area contributed by atoms with Gasteiger partial charge in [0.05, 0.1) is 0 Å². The van der Waals surface area contributed by atoms with Crippen LogP contribution in [-0.4, -0.2) is 47.8 Å². The normalized spacial score (nSPS) is 19.0. The van der Waals surface area contributed by atoms with Crippen LogP contribution in [0.25, 0.3) is 0 Å². The zero-order valence-electron chi connectivity index (χ0n) is 16.4. The molecule has 0 saturated carbocycles. The summed E-state index contributed by atoms with van der Waals surface area (Å²) >= 11 is 0. The lowest BCUT2D eigenvalue weighted by molar-refractivity contribution is -0.139. The van der Waals surface area contributed by atoms with E-state index in [4.69, 9.17) is 0 Å². The van der Waals surface area contributed by atoms with Crippen LogP contribution in [0.15, 0.2) is 0 Å². The molecule has 0 aliphatic carbocycles. The molecule has 1 aliphatic rings. The number of carbonyl (C=O) groups is 3. The maximum atomic E-state index is 12.9. The molecule has 2 N–H and O–H groups in total. The van der Waals surface area contributed by atoms with Crippen molar-refractivity contribution < 1.29 is 14.4 Å². The average molecular weight is 354 g/mol. The molecule has 2 unspecified atom stereocenters. The summed E-state index contributed by atoms with van der Waals surface area (Å²) in [5.41, 5.74) is 0. The summed E-state index contributed by atoms with van der Waals surface area (Å²) in [5.74, 6) is 0.218. The van der Waals surface area contributed by atoms with E-state index < -0.39 is 6.04 Å². The van der Waals surface area contributed by atoms with Gasteiger partial charge in [0, 0.05) is 32.0 Å². The molecule has 0 aromatic heterocycles. The molecule has 144 valence electrons. The van der Waals surface area contributed by atoms with Crippen LogP contribution in [0.5, 0.6) is 0 Å². The average Bonchev–Trinajstić information content (AvgIpc) is 2.51. The summed E-state index contributed by atoms with van der Waals surface area (Å²) in [7, 11) is 0. The molecule has 25 heavy (non-hydrogen) atoms. The topological polar surface area (TPSA) is 78.5 Å². The predicted molar refractivity (Wildman–Crippen MR) is 98.9 cm³/mol. The number of likely N-dealkylation sites (tertiary alicyclic amines) is 1. The number of rotatable bonds is 8. The molecule has 3 amide bonds. The van der Waals surface area contributed by atoms with Gasteiger partial charge in [-0.25, -0.2) is 0 Å². The third kappa shape index (κ3) is 7.45. The van der Waals surface area contributed by atoms with E-state index in [1.54, 1.807) is 4.90 Å². The Kier molecular flexibility index (Phi) is 8.93. The molecule has 0 aromatic carbocycles. The number of nitrogens with zero attached hydrogens (tertiary/aromatic N) is 1. The lowest BCUT2D eigenvalue weighted by Crippen LogP contribution is -2.56. The zero-order valence-corrected chi connectivity index (χ0v) is 16.4. The molecule has 1 rings (SSSR count). The number of carbonyl (C=O) groups excluding carboxylic acids is 3. The van der Waals surface area contributed by atoms with E-state index in [2.05, 4.69) is 10.6 Å². The molecule has 0 radical (unpaired) electrons. The van der Waals surface area contributed by atoms with E-state index in [0.717, 1.165) is 19.3 Å². The van der Waals surface area contributed by atoms with Gasteiger partial charge in [-0.05, 0) is 31.1 Å². The fourth-order valence-electron chi connectivity index (χ4n) is 3.14. The summed E-state index contributed by atoms with van der Waals surface area (Å²) in [4.78, 5) is 38.6. The van der Waals surface area contributed by atoms with Gasteiger partial charge in [0.2, 0.25) is 17.7 Å². The molecule has 1 heterocycles. The highest BCUT2D eigenvalue weighted by Gasteiger charge is 2.32. The van der Waals surface area contributed by atoms with E-state index in [1.807, 2.05) is 34.6 Å². The van der Waals surface area contributed by atoms with Crippen LogP contribution >= 0.6 is 0 Å². The smallest absolute Gasteiger partial charge is 0.245 e. The van der Waals surface area contributed by atoms with E-state index in [-0.39, 0.29) is 35.6 Å². The van der Waals surface area contributed by atoms with Crippen LogP contribution in [-0.2, 0) is 14.4 Å². The van der Waals surface area contributed by atoms with Crippen molar-refractivity contribution in [1.82, 2.24) is 15.5 Å². The highest BCUT2D eigenvalue weighted by atomic mass is 16.2. The van der Waals surface area contributed by atoms with Crippen molar-refractivity contribution in [2.45, 2.75) is 78.8 Å². The van der Waals surface area contributed by atoms with E-state index >= 15 is 0 Å². The lowest BCUT2D eigenvalue weighted by Gasteiger charge is -2.36. The monoisotopic (exact) mass is 353 g/mol. The zero-order chi connectivity index (χ0) is 19.0. The van der Waals surface area contributed by atoms with Gasteiger partial charge in [-0.1, -0.05) is 34.6 Å². The Labute approximate surface area is 152 Å². The van der Waals surface area contributed by atoms with Crippen LogP contribution in [0.1, 0.15) is 66.7 Å². The minimum atomic E-state index is -0.503. The maximum Gasteiger partial charge on any atom is 0.245 e. The van der Waals surface area contributed by atoms with Gasteiger partial charge < -0.3 is 15.5 Å². The molecular formula is C19H35N3O3. The third-order valence-corrected chi connectivity index (χ3v) is 4.42. The quantitative estimate of drug-likeness (QED) is 0.701. The number of nitrogens with one attached hydrogen (secondary N) is 2. The van der Waals surface area contributed by atoms with Crippen molar-refractivity contribution in [2.75, 3.05) is 13.1 Å². The van der Waals surface area contributed by atoms with Crippen LogP contribution in [0.2, 0.25) is 0 Å². The van der Waals surface area contributed by atoms with Crippen LogP contribution < -0.4 is 10.6 Å². The summed E-state index contributed by atoms with van der Waals surface area (Å²) in [6, 6.07) is -0.493. The lowest BCUT2D eigenvalue weighted by atomic mass is 9.99. The first-order valence-corrected chi connectivity index (χ1v) is 9.62. The molecule has 1 saturated heterocycles. The Morgan fingerprint density at radius 1 is 1.12 bits per heavy atom. The molecule has 1 aliphatic heterocycles. The van der Waals surface area contributed by atoms with Crippen molar-refractivity contribution in [3.63, 3.8) is 0 Å². The Morgan fingerprint density at radius 3 is 2.36 bits per heavy atom. The van der Waals surface area contributed by atoms with Gasteiger partial charge in [0.1, 0.15) is 6.04 Å². The number of hydrogen-bond donors (Lipinski definition) is 2. The standard InChI is InChI=1S/C19H35N3O3/c1-6-8-16(23)20-15-9-7-10-22(12-15)19(25)18(14(4)5)21-17(24)11-13(2)3/h13-15,18H,6-12H2,1-5H3,(H,20,23)(H,21,24). The van der Waals surface area contributed by atoms with Crippen LogP contribution in [0.3, 0.4) is 0 Å². The second-order valence-corrected chi connectivity index (χ2v) is 7.83. The molecule has 6 heteroatoms. The highest BCUT2D eigenvalue weighted by Crippen LogP contribution is 2.15. The van der Waals surface area contributed by atoms with E-state index in [1.165, 1.54) is 0 Å². The van der Waals surface area contributed by atoms with Crippen molar-refractivity contribution >= 4 is 17.7 Å². The number of hydrogen-bond acceptors (Lipinski definition) is 3. The molecule has 6 nitrogen and oxygen atoms in total. The SMILES string of the molecule is CCCC(=O)NC1CCCN(C(=O)C(NC(=O)CC(C)C)C(C)C)C1. The minimum Gasteiger partial charge on any atom is -0.352 e. The van der Waals surface area contributed by atoms with Crippen molar-refractivity contribution in [3.8, 4) is 0 Å². The fourth-order valence-corrected chi connectivity index (χ4v) is 3.14. The second-order valence-electron chi connectivity index (χ2n) is 7.83. The fraction of sp³-hybridized carbons (Fsp3) is 0.842. The van der Waals surface area contributed by atoms with E-state index in [9.17, 15) is 14.4 Å². The summed E-state index contributed by atoms with van der Waals surface area (Å²) in [6.07, 6.45) is 3.52. The number of amides is 3. The molecule has 0 aromatic rings. The van der Waals surface area contributed by atoms with Crippen molar-refractivity contribution in [3.05, 3.63) is 0 Å². The molecular weight excluding hydrogens is 318 g/mol. The second kappa shape index (κ2) is 10.4. The molecule has 1 fully saturated rings. The summed E-state index contributed by atoms with van der Waals surface area (Å²) in [6.45, 7) is 11.1. The minimum absolute atomic E-state index is 0.0101. The molecule has 0 spiro atoms. The largest absolute Gasteiger partial charge is 0.352 e. The maximum absolute atomic E-state index is 12.9. The van der Waals surface area contributed by atoms with Crippen molar-refractivity contribution in [2.24, 2.45) is 11.8 Å². The first kappa shape index (κ1) is 21.5. The van der Waals surface area contributed by atoms with Gasteiger partial charge in [-0.2, -0.15) is 0 Å². The van der Waals surface area contributed by atoms with Gasteiger partial charge in [-0.15, -0.1) is 0 Å². The Balaban J connectivity index is 2.66. The Hall–Kier alpha value is -1.59. The third-order valence-electron chi connectivity index (χ3n) is 4.42. The van der Waals surface area contributed by atoms with Gasteiger partial charge in [0.25, 0.3) is 0 Å².